The van der Waals surface area contributed by atoms with Gasteiger partial charge < -0.3 is 11.1 Å². The molecule has 1 unspecified atom stereocenters. The Bertz CT molecular complexity index is 560. The molecule has 0 bridgehead atoms. The molecule has 0 fully saturated rings. The number of carbonyl (C=O) groups is 1. The molecule has 2 rings (SSSR count). The van der Waals surface area contributed by atoms with Crippen LogP contribution in [0.2, 0.25) is 0 Å². The van der Waals surface area contributed by atoms with Gasteiger partial charge in [0.2, 0.25) is 0 Å². The summed E-state index contributed by atoms with van der Waals surface area (Å²) in [4.78, 5) is 12.0. The summed E-state index contributed by atoms with van der Waals surface area (Å²) in [6.45, 7) is 1.88. The first-order valence-electron chi connectivity index (χ1n) is 5.73. The van der Waals surface area contributed by atoms with Crippen molar-refractivity contribution in [1.82, 2.24) is 9.78 Å². The van der Waals surface area contributed by atoms with Crippen LogP contribution in [-0.4, -0.2) is 15.7 Å². The largest absolute Gasteiger partial charge is 0.324 e. The Morgan fingerprint density at radius 3 is 2.72 bits per heavy atom. The predicted molar refractivity (Wildman–Crippen MR) is 70.2 cm³/mol. The van der Waals surface area contributed by atoms with Crippen LogP contribution in [-0.2, 0) is 7.05 Å². The Kier molecular flexibility index (Phi) is 3.43. The van der Waals surface area contributed by atoms with Crippen LogP contribution in [0.3, 0.4) is 0 Å². The van der Waals surface area contributed by atoms with E-state index in [1.807, 2.05) is 31.2 Å². The maximum atomic E-state index is 12.0. The van der Waals surface area contributed by atoms with Gasteiger partial charge in [-0.25, -0.2) is 0 Å². The number of rotatable bonds is 3. The molecule has 0 radical (unpaired) electrons. The number of nitrogens with two attached hydrogens (primary N) is 1. The minimum atomic E-state index is -0.233. The molecule has 1 amide bonds. The van der Waals surface area contributed by atoms with Gasteiger partial charge in [0.1, 0.15) is 0 Å². The molecule has 3 N–H and O–H groups in total. The summed E-state index contributed by atoms with van der Waals surface area (Å²) in [5.74, 6) is -0.233. The number of hydrogen-bond donors (Lipinski definition) is 2. The van der Waals surface area contributed by atoms with E-state index in [0.29, 0.717) is 5.69 Å². The number of nitrogens with one attached hydrogen (secondary N) is 1. The molecule has 1 aromatic heterocycles. The summed E-state index contributed by atoms with van der Waals surface area (Å²) in [6, 6.07) is 9.03. The molecule has 5 heteroatoms. The van der Waals surface area contributed by atoms with E-state index in [4.69, 9.17) is 5.73 Å². The molecule has 18 heavy (non-hydrogen) atoms. The van der Waals surface area contributed by atoms with Crippen LogP contribution in [0.15, 0.2) is 36.5 Å². The quantitative estimate of drug-likeness (QED) is 0.863. The second-order valence-electron chi connectivity index (χ2n) is 4.20. The fourth-order valence-corrected chi connectivity index (χ4v) is 1.73. The Morgan fingerprint density at radius 1 is 1.39 bits per heavy atom. The molecule has 5 nitrogen and oxygen atoms in total. The molecule has 0 saturated carbocycles. The van der Waals surface area contributed by atoms with Crippen molar-refractivity contribution >= 4 is 11.6 Å². The zero-order chi connectivity index (χ0) is 13.1. The van der Waals surface area contributed by atoms with E-state index in [9.17, 15) is 4.79 Å². The van der Waals surface area contributed by atoms with Gasteiger partial charge in [-0.15, -0.1) is 0 Å². The zero-order valence-corrected chi connectivity index (χ0v) is 10.4. The summed E-state index contributed by atoms with van der Waals surface area (Å²) >= 11 is 0. The number of aryl methyl sites for hydroxylation is 1. The first-order chi connectivity index (χ1) is 8.58. The van der Waals surface area contributed by atoms with Crippen LogP contribution in [0.1, 0.15) is 29.0 Å². The topological polar surface area (TPSA) is 72.9 Å². The number of amides is 1. The highest BCUT2D eigenvalue weighted by molar-refractivity contribution is 6.03. The van der Waals surface area contributed by atoms with Crippen molar-refractivity contribution < 1.29 is 4.79 Å². The van der Waals surface area contributed by atoms with E-state index in [-0.39, 0.29) is 11.9 Å². The Labute approximate surface area is 106 Å². The molecule has 0 spiro atoms. The van der Waals surface area contributed by atoms with Crippen molar-refractivity contribution in [3.05, 3.63) is 47.8 Å². The van der Waals surface area contributed by atoms with Crippen molar-refractivity contribution in [1.29, 1.82) is 0 Å². The molecule has 1 atom stereocenters. The minimum Gasteiger partial charge on any atom is -0.324 e. The average Bonchev–Trinajstić information content (AvgIpc) is 2.76. The van der Waals surface area contributed by atoms with Crippen molar-refractivity contribution in [3.8, 4) is 0 Å². The van der Waals surface area contributed by atoms with E-state index < -0.39 is 0 Å². The third-order valence-electron chi connectivity index (χ3n) is 2.65. The third kappa shape index (κ3) is 2.57. The number of anilines is 1. The standard InChI is InChI=1S/C13H16N4O/c1-9(14)10-5-3-4-6-11(10)15-13(18)12-7-8-17(2)16-12/h3-9H,14H2,1-2H3,(H,15,18). The van der Waals surface area contributed by atoms with Crippen LogP contribution in [0, 0.1) is 0 Å². The zero-order valence-electron chi connectivity index (χ0n) is 10.4. The lowest BCUT2D eigenvalue weighted by Crippen LogP contribution is -2.16. The lowest BCUT2D eigenvalue weighted by atomic mass is 10.1. The van der Waals surface area contributed by atoms with Gasteiger partial charge in [0.15, 0.2) is 5.69 Å². The molecule has 0 aliphatic heterocycles. The highest BCUT2D eigenvalue weighted by Gasteiger charge is 2.12. The Hall–Kier alpha value is -2.14. The molecule has 1 aromatic carbocycles. The molecular weight excluding hydrogens is 228 g/mol. The summed E-state index contributed by atoms with van der Waals surface area (Å²) < 4.78 is 1.59. The molecule has 0 saturated heterocycles. The normalized spacial score (nSPS) is 12.2. The maximum absolute atomic E-state index is 12.0. The average molecular weight is 244 g/mol. The van der Waals surface area contributed by atoms with Crippen LogP contribution in [0.5, 0.6) is 0 Å². The van der Waals surface area contributed by atoms with Gasteiger partial charge in [-0.3, -0.25) is 9.48 Å². The SMILES string of the molecule is CC(N)c1ccccc1NC(=O)c1ccn(C)n1. The number of hydrogen-bond acceptors (Lipinski definition) is 3. The second kappa shape index (κ2) is 5.01. The smallest absolute Gasteiger partial charge is 0.276 e. The first-order valence-corrected chi connectivity index (χ1v) is 5.73. The third-order valence-corrected chi connectivity index (χ3v) is 2.65. The van der Waals surface area contributed by atoms with Crippen molar-refractivity contribution in [2.75, 3.05) is 5.32 Å². The van der Waals surface area contributed by atoms with Gasteiger partial charge in [-0.2, -0.15) is 5.10 Å². The van der Waals surface area contributed by atoms with Crippen molar-refractivity contribution in [2.45, 2.75) is 13.0 Å². The van der Waals surface area contributed by atoms with E-state index in [1.165, 1.54) is 0 Å². The Balaban J connectivity index is 2.22. The van der Waals surface area contributed by atoms with Crippen LogP contribution >= 0.6 is 0 Å². The summed E-state index contributed by atoms with van der Waals surface area (Å²) in [7, 11) is 1.77. The highest BCUT2D eigenvalue weighted by Crippen LogP contribution is 2.21. The molecule has 1 heterocycles. The van der Waals surface area contributed by atoms with Gasteiger partial charge in [0, 0.05) is 25.0 Å². The summed E-state index contributed by atoms with van der Waals surface area (Å²) in [5.41, 5.74) is 7.88. The van der Waals surface area contributed by atoms with E-state index in [2.05, 4.69) is 10.4 Å². The Morgan fingerprint density at radius 2 is 2.11 bits per heavy atom. The van der Waals surface area contributed by atoms with E-state index >= 15 is 0 Å². The molecule has 94 valence electrons. The summed E-state index contributed by atoms with van der Waals surface area (Å²) in [5, 5.41) is 6.88. The van der Waals surface area contributed by atoms with Crippen LogP contribution in [0.4, 0.5) is 5.69 Å². The summed E-state index contributed by atoms with van der Waals surface area (Å²) in [6.07, 6.45) is 1.73. The number of carbonyl (C=O) groups excluding carboxylic acids is 1. The molecule has 2 aromatic rings. The fraction of sp³-hybridized carbons (Fsp3) is 0.231. The second-order valence-corrected chi connectivity index (χ2v) is 4.20. The monoisotopic (exact) mass is 244 g/mol. The first kappa shape index (κ1) is 12.3. The minimum absolute atomic E-state index is 0.134. The lowest BCUT2D eigenvalue weighted by Gasteiger charge is -2.12. The van der Waals surface area contributed by atoms with Gasteiger partial charge >= 0.3 is 0 Å². The van der Waals surface area contributed by atoms with E-state index in [1.54, 1.807) is 24.0 Å². The predicted octanol–water partition coefficient (Wildman–Crippen LogP) is 1.69. The van der Waals surface area contributed by atoms with Crippen LogP contribution < -0.4 is 11.1 Å². The fourth-order valence-electron chi connectivity index (χ4n) is 1.73. The maximum Gasteiger partial charge on any atom is 0.276 e. The molecule has 0 aliphatic rings. The molecular formula is C13H16N4O. The van der Waals surface area contributed by atoms with Crippen molar-refractivity contribution in [3.63, 3.8) is 0 Å². The molecule has 0 aliphatic carbocycles. The van der Waals surface area contributed by atoms with Gasteiger partial charge in [-0.05, 0) is 24.6 Å². The van der Waals surface area contributed by atoms with Gasteiger partial charge in [-0.1, -0.05) is 18.2 Å². The number of benzene rings is 1. The lowest BCUT2D eigenvalue weighted by molar-refractivity contribution is 0.102. The van der Waals surface area contributed by atoms with E-state index in [0.717, 1.165) is 11.3 Å². The number of aromatic nitrogens is 2. The van der Waals surface area contributed by atoms with Crippen LogP contribution in [0.25, 0.3) is 0 Å². The van der Waals surface area contributed by atoms with Gasteiger partial charge in [0.05, 0.1) is 0 Å². The van der Waals surface area contributed by atoms with Gasteiger partial charge in [0.25, 0.3) is 5.91 Å². The number of nitrogens with zero attached hydrogens (tertiary/aromatic N) is 2. The number of para-hydroxylation sites is 1. The highest BCUT2D eigenvalue weighted by atomic mass is 16.1. The van der Waals surface area contributed by atoms with Crippen molar-refractivity contribution in [2.24, 2.45) is 12.8 Å².